The molecule has 6 heteroatoms. The third-order valence-electron chi connectivity index (χ3n) is 5.15. The summed E-state index contributed by atoms with van der Waals surface area (Å²) in [5.41, 5.74) is 0.255. The Hall–Kier alpha value is -2.55. The van der Waals surface area contributed by atoms with E-state index in [2.05, 4.69) is 23.3 Å². The Kier molecular flexibility index (Phi) is 4.90. The minimum Gasteiger partial charge on any atom is -0.382 e. The van der Waals surface area contributed by atoms with E-state index in [-0.39, 0.29) is 17.0 Å². The van der Waals surface area contributed by atoms with Crippen molar-refractivity contribution in [2.75, 3.05) is 5.32 Å². The molecule has 1 aliphatic rings. The van der Waals surface area contributed by atoms with E-state index in [9.17, 15) is 13.2 Å². The van der Waals surface area contributed by atoms with Gasteiger partial charge in [-0.25, -0.2) is 0 Å². The van der Waals surface area contributed by atoms with Gasteiger partial charge in [-0.15, -0.1) is 0 Å². The monoisotopic (exact) mass is 359 g/mol. The summed E-state index contributed by atoms with van der Waals surface area (Å²) in [6.07, 6.45) is 2.80. The van der Waals surface area contributed by atoms with E-state index in [1.54, 1.807) is 18.3 Å². The van der Waals surface area contributed by atoms with Crippen molar-refractivity contribution in [3.05, 3.63) is 59.4 Å². The molecule has 26 heavy (non-hydrogen) atoms. The van der Waals surface area contributed by atoms with Crippen molar-refractivity contribution >= 4 is 5.69 Å². The maximum Gasteiger partial charge on any atom is 0.417 e. The SMILES string of the molecule is CC1(c2cccnc2)CCCC(Nc2ccc(C#N)c(C(F)(F)F)c2)C1. The fraction of sp³-hybridized carbons (Fsp3) is 0.400. The summed E-state index contributed by atoms with van der Waals surface area (Å²) in [7, 11) is 0. The number of hydrogen-bond acceptors (Lipinski definition) is 3. The summed E-state index contributed by atoms with van der Waals surface area (Å²) in [6.45, 7) is 2.18. The zero-order valence-electron chi connectivity index (χ0n) is 14.5. The molecule has 1 saturated carbocycles. The first-order chi connectivity index (χ1) is 12.3. The Bertz CT molecular complexity index is 811. The molecule has 1 aromatic carbocycles. The van der Waals surface area contributed by atoms with E-state index in [0.29, 0.717) is 5.69 Å². The number of aromatic nitrogens is 1. The van der Waals surface area contributed by atoms with Crippen molar-refractivity contribution in [2.24, 2.45) is 0 Å². The lowest BCUT2D eigenvalue weighted by Crippen LogP contribution is -2.36. The summed E-state index contributed by atoms with van der Waals surface area (Å²) in [4.78, 5) is 4.20. The van der Waals surface area contributed by atoms with E-state index in [1.165, 1.54) is 6.07 Å². The number of nitriles is 1. The Balaban J connectivity index is 1.80. The molecule has 2 unspecified atom stereocenters. The lowest BCUT2D eigenvalue weighted by atomic mass is 9.69. The predicted molar refractivity (Wildman–Crippen MR) is 93.6 cm³/mol. The van der Waals surface area contributed by atoms with E-state index in [4.69, 9.17) is 5.26 Å². The topological polar surface area (TPSA) is 48.7 Å². The largest absolute Gasteiger partial charge is 0.417 e. The number of alkyl halides is 3. The molecular formula is C20H20F3N3. The van der Waals surface area contributed by atoms with Crippen molar-refractivity contribution in [1.29, 1.82) is 5.26 Å². The fourth-order valence-electron chi connectivity index (χ4n) is 3.79. The van der Waals surface area contributed by atoms with E-state index in [0.717, 1.165) is 37.3 Å². The molecule has 2 atom stereocenters. The molecule has 0 spiro atoms. The third-order valence-corrected chi connectivity index (χ3v) is 5.15. The van der Waals surface area contributed by atoms with Crippen LogP contribution in [0.1, 0.15) is 49.3 Å². The van der Waals surface area contributed by atoms with E-state index < -0.39 is 11.7 Å². The van der Waals surface area contributed by atoms with Crippen molar-refractivity contribution in [1.82, 2.24) is 4.98 Å². The van der Waals surface area contributed by atoms with Gasteiger partial charge in [0, 0.05) is 24.1 Å². The van der Waals surface area contributed by atoms with Crippen LogP contribution in [0.15, 0.2) is 42.7 Å². The molecule has 0 radical (unpaired) electrons. The van der Waals surface area contributed by atoms with Crippen LogP contribution in [0.3, 0.4) is 0 Å². The molecule has 0 amide bonds. The molecule has 1 aromatic heterocycles. The molecule has 2 aromatic rings. The molecule has 1 fully saturated rings. The number of rotatable bonds is 3. The first kappa shape index (κ1) is 18.2. The van der Waals surface area contributed by atoms with Gasteiger partial charge in [-0.1, -0.05) is 19.4 Å². The van der Waals surface area contributed by atoms with Crippen LogP contribution in [0.5, 0.6) is 0 Å². The van der Waals surface area contributed by atoms with Crippen LogP contribution < -0.4 is 5.32 Å². The Labute approximate surface area is 150 Å². The maximum atomic E-state index is 13.2. The molecule has 1 heterocycles. The van der Waals surface area contributed by atoms with Gasteiger partial charge in [0.05, 0.1) is 17.2 Å². The van der Waals surface area contributed by atoms with Gasteiger partial charge in [-0.3, -0.25) is 4.98 Å². The highest BCUT2D eigenvalue weighted by Gasteiger charge is 2.36. The first-order valence-electron chi connectivity index (χ1n) is 8.60. The van der Waals surface area contributed by atoms with Gasteiger partial charge >= 0.3 is 6.18 Å². The zero-order valence-corrected chi connectivity index (χ0v) is 14.5. The quantitative estimate of drug-likeness (QED) is 0.811. The Morgan fingerprint density at radius 2 is 2.12 bits per heavy atom. The van der Waals surface area contributed by atoms with Crippen LogP contribution >= 0.6 is 0 Å². The van der Waals surface area contributed by atoms with E-state index in [1.807, 2.05) is 12.3 Å². The van der Waals surface area contributed by atoms with Crippen molar-refractivity contribution < 1.29 is 13.2 Å². The summed E-state index contributed by atoms with van der Waals surface area (Å²) in [5, 5.41) is 12.2. The molecule has 3 rings (SSSR count). The van der Waals surface area contributed by atoms with Crippen molar-refractivity contribution in [3.63, 3.8) is 0 Å². The Morgan fingerprint density at radius 1 is 1.31 bits per heavy atom. The number of hydrogen-bond donors (Lipinski definition) is 1. The summed E-state index contributed by atoms with van der Waals surface area (Å²) in [6, 6.07) is 9.46. The average molecular weight is 359 g/mol. The highest BCUT2D eigenvalue weighted by molar-refractivity contribution is 5.53. The molecule has 0 saturated heterocycles. The van der Waals surface area contributed by atoms with Gasteiger partial charge in [0.2, 0.25) is 0 Å². The lowest BCUT2D eigenvalue weighted by Gasteiger charge is -2.39. The standard InChI is InChI=1S/C20H20F3N3/c1-19(15-4-3-9-25-13-15)8-2-5-17(11-19)26-16-7-6-14(12-24)18(10-16)20(21,22)23/h3-4,6-7,9-10,13,17,26H,2,5,8,11H2,1H3. The van der Waals surface area contributed by atoms with Crippen molar-refractivity contribution in [2.45, 2.75) is 50.2 Å². The van der Waals surface area contributed by atoms with Gasteiger partial charge in [-0.2, -0.15) is 18.4 Å². The maximum absolute atomic E-state index is 13.2. The molecule has 136 valence electrons. The minimum absolute atomic E-state index is 0.0520. The van der Waals surface area contributed by atoms with E-state index >= 15 is 0 Å². The van der Waals surface area contributed by atoms with Gasteiger partial charge in [-0.05, 0) is 54.5 Å². The number of anilines is 1. The highest BCUT2D eigenvalue weighted by atomic mass is 19.4. The van der Waals surface area contributed by atoms with Crippen LogP contribution in [0, 0.1) is 11.3 Å². The number of benzene rings is 1. The molecule has 3 nitrogen and oxygen atoms in total. The summed E-state index contributed by atoms with van der Waals surface area (Å²) in [5.74, 6) is 0. The van der Waals surface area contributed by atoms with Crippen LogP contribution in [-0.2, 0) is 11.6 Å². The average Bonchev–Trinajstić information content (AvgIpc) is 2.62. The normalized spacial score (nSPS) is 23.3. The van der Waals surface area contributed by atoms with Gasteiger partial charge < -0.3 is 5.32 Å². The van der Waals surface area contributed by atoms with Crippen LogP contribution in [0.4, 0.5) is 18.9 Å². The second-order valence-electron chi connectivity index (χ2n) is 7.11. The minimum atomic E-state index is -4.54. The van der Waals surface area contributed by atoms with Gasteiger partial charge in [0.1, 0.15) is 0 Å². The second kappa shape index (κ2) is 6.99. The van der Waals surface area contributed by atoms with Crippen molar-refractivity contribution in [3.8, 4) is 6.07 Å². The third kappa shape index (κ3) is 3.82. The highest BCUT2D eigenvalue weighted by Crippen LogP contribution is 2.40. The summed E-state index contributed by atoms with van der Waals surface area (Å²) < 4.78 is 39.5. The second-order valence-corrected chi connectivity index (χ2v) is 7.11. The fourth-order valence-corrected chi connectivity index (χ4v) is 3.79. The number of nitrogens with one attached hydrogen (secondary N) is 1. The Morgan fingerprint density at radius 3 is 2.77 bits per heavy atom. The van der Waals surface area contributed by atoms with Gasteiger partial charge in [0.25, 0.3) is 0 Å². The van der Waals surface area contributed by atoms with Gasteiger partial charge in [0.15, 0.2) is 0 Å². The molecule has 0 bridgehead atoms. The number of nitrogens with zero attached hydrogens (tertiary/aromatic N) is 2. The lowest BCUT2D eigenvalue weighted by molar-refractivity contribution is -0.137. The molecule has 0 aliphatic heterocycles. The van der Waals surface area contributed by atoms with Crippen LogP contribution in [0.2, 0.25) is 0 Å². The number of halogens is 3. The smallest absolute Gasteiger partial charge is 0.382 e. The molecular weight excluding hydrogens is 339 g/mol. The van der Waals surface area contributed by atoms with Crippen LogP contribution in [-0.4, -0.2) is 11.0 Å². The molecule has 1 aliphatic carbocycles. The summed E-state index contributed by atoms with van der Waals surface area (Å²) >= 11 is 0. The first-order valence-corrected chi connectivity index (χ1v) is 8.60. The molecule has 1 N–H and O–H groups in total. The number of pyridine rings is 1. The zero-order chi connectivity index (χ0) is 18.8. The predicted octanol–water partition coefficient (Wildman–Crippen LogP) is 5.28. The van der Waals surface area contributed by atoms with Crippen LogP contribution in [0.25, 0.3) is 0 Å².